The Kier molecular flexibility index (Phi) is 4.46. The second-order valence-electron chi connectivity index (χ2n) is 4.58. The molecule has 0 bridgehead atoms. The number of halogens is 1. The van der Waals surface area contributed by atoms with Crippen LogP contribution in [0.4, 0.5) is 0 Å². The van der Waals surface area contributed by atoms with E-state index in [0.29, 0.717) is 22.9 Å². The van der Waals surface area contributed by atoms with Crippen molar-refractivity contribution in [3.63, 3.8) is 0 Å². The average molecular weight is 277 g/mol. The second kappa shape index (κ2) is 6.09. The van der Waals surface area contributed by atoms with Gasteiger partial charge in [-0.2, -0.15) is 0 Å². The number of aryl methyl sites for hydroxylation is 2. The fourth-order valence-corrected chi connectivity index (χ4v) is 2.11. The number of aliphatic hydroxyl groups is 1. The molecule has 0 unspecified atom stereocenters. The number of aliphatic hydroxyl groups excluding tert-OH is 1. The molecule has 100 valence electrons. The van der Waals surface area contributed by atoms with Gasteiger partial charge in [0.2, 0.25) is 0 Å². The zero-order valence-electron chi connectivity index (χ0n) is 11.1. The molecule has 0 saturated carbocycles. The molecule has 0 aliphatic heterocycles. The van der Waals surface area contributed by atoms with E-state index in [4.69, 9.17) is 16.3 Å². The van der Waals surface area contributed by atoms with Crippen LogP contribution in [-0.2, 0) is 13.2 Å². The van der Waals surface area contributed by atoms with E-state index < -0.39 is 0 Å². The molecule has 0 radical (unpaired) electrons. The Morgan fingerprint density at radius 3 is 2.58 bits per heavy atom. The minimum absolute atomic E-state index is 0.123. The predicted molar refractivity (Wildman–Crippen MR) is 77.6 cm³/mol. The van der Waals surface area contributed by atoms with Crippen molar-refractivity contribution in [2.75, 3.05) is 0 Å². The first-order chi connectivity index (χ1) is 9.11. The zero-order valence-corrected chi connectivity index (χ0v) is 11.9. The monoisotopic (exact) mass is 276 g/mol. The number of rotatable bonds is 4. The highest BCUT2D eigenvalue weighted by molar-refractivity contribution is 6.31. The van der Waals surface area contributed by atoms with E-state index in [1.165, 1.54) is 11.1 Å². The predicted octanol–water partition coefficient (Wildman–Crippen LogP) is 4.03. The molecule has 2 aromatic rings. The SMILES string of the molecule is Cc1ccc(COc2cccc(Cl)c2CO)cc1C. The van der Waals surface area contributed by atoms with Crippen molar-refractivity contribution < 1.29 is 9.84 Å². The largest absolute Gasteiger partial charge is 0.488 e. The summed E-state index contributed by atoms with van der Waals surface area (Å²) >= 11 is 6.02. The zero-order chi connectivity index (χ0) is 13.8. The molecule has 3 heteroatoms. The molecular weight excluding hydrogens is 260 g/mol. The molecule has 19 heavy (non-hydrogen) atoms. The maximum atomic E-state index is 9.31. The lowest BCUT2D eigenvalue weighted by atomic mass is 10.1. The van der Waals surface area contributed by atoms with E-state index in [0.717, 1.165) is 5.56 Å². The van der Waals surface area contributed by atoms with Crippen LogP contribution in [-0.4, -0.2) is 5.11 Å². The van der Waals surface area contributed by atoms with E-state index in [1.54, 1.807) is 6.07 Å². The van der Waals surface area contributed by atoms with Gasteiger partial charge in [0.1, 0.15) is 12.4 Å². The van der Waals surface area contributed by atoms with E-state index in [1.807, 2.05) is 18.2 Å². The lowest BCUT2D eigenvalue weighted by molar-refractivity contribution is 0.259. The summed E-state index contributed by atoms with van der Waals surface area (Å²) in [6.07, 6.45) is 0. The third-order valence-electron chi connectivity index (χ3n) is 3.20. The molecule has 2 rings (SSSR count). The second-order valence-corrected chi connectivity index (χ2v) is 4.99. The first-order valence-electron chi connectivity index (χ1n) is 6.19. The number of hydrogen-bond donors (Lipinski definition) is 1. The normalized spacial score (nSPS) is 10.5. The Bertz CT molecular complexity index is 579. The Morgan fingerprint density at radius 2 is 1.89 bits per heavy atom. The minimum atomic E-state index is -0.123. The van der Waals surface area contributed by atoms with Gasteiger partial charge in [-0.15, -0.1) is 0 Å². The lowest BCUT2D eigenvalue weighted by Gasteiger charge is -2.12. The van der Waals surface area contributed by atoms with Gasteiger partial charge in [-0.05, 0) is 42.7 Å². The summed E-state index contributed by atoms with van der Waals surface area (Å²) in [7, 11) is 0. The van der Waals surface area contributed by atoms with E-state index in [9.17, 15) is 5.11 Å². The van der Waals surface area contributed by atoms with E-state index in [-0.39, 0.29) is 6.61 Å². The van der Waals surface area contributed by atoms with Gasteiger partial charge < -0.3 is 9.84 Å². The molecular formula is C16H17ClO2. The average Bonchev–Trinajstić information content (AvgIpc) is 2.40. The van der Waals surface area contributed by atoms with Crippen molar-refractivity contribution in [1.29, 1.82) is 0 Å². The first kappa shape index (κ1) is 13.9. The summed E-state index contributed by atoms with van der Waals surface area (Å²) in [6.45, 7) is 4.51. The number of hydrogen-bond acceptors (Lipinski definition) is 2. The van der Waals surface area contributed by atoms with Gasteiger partial charge in [0, 0.05) is 10.6 Å². The van der Waals surface area contributed by atoms with Gasteiger partial charge in [-0.25, -0.2) is 0 Å². The van der Waals surface area contributed by atoms with Gasteiger partial charge in [0.25, 0.3) is 0 Å². The van der Waals surface area contributed by atoms with Crippen molar-refractivity contribution in [3.05, 3.63) is 63.7 Å². The summed E-state index contributed by atoms with van der Waals surface area (Å²) in [6, 6.07) is 11.6. The van der Waals surface area contributed by atoms with Crippen LogP contribution in [0.5, 0.6) is 5.75 Å². The first-order valence-corrected chi connectivity index (χ1v) is 6.57. The van der Waals surface area contributed by atoms with Crippen LogP contribution in [0.25, 0.3) is 0 Å². The van der Waals surface area contributed by atoms with Crippen LogP contribution in [0, 0.1) is 13.8 Å². The van der Waals surface area contributed by atoms with Gasteiger partial charge in [-0.1, -0.05) is 35.9 Å². The number of benzene rings is 2. The lowest BCUT2D eigenvalue weighted by Crippen LogP contribution is -2.00. The quantitative estimate of drug-likeness (QED) is 0.914. The van der Waals surface area contributed by atoms with Crippen LogP contribution < -0.4 is 4.74 Å². The Hall–Kier alpha value is -1.51. The van der Waals surface area contributed by atoms with Gasteiger partial charge in [-0.3, -0.25) is 0 Å². The fourth-order valence-electron chi connectivity index (χ4n) is 1.88. The maximum Gasteiger partial charge on any atom is 0.126 e. The summed E-state index contributed by atoms with van der Waals surface area (Å²) in [5.41, 5.74) is 4.25. The highest BCUT2D eigenvalue weighted by atomic mass is 35.5. The molecule has 0 aliphatic carbocycles. The summed E-state index contributed by atoms with van der Waals surface area (Å²) in [4.78, 5) is 0. The molecule has 0 aromatic heterocycles. The Balaban J connectivity index is 2.14. The standard InChI is InChI=1S/C16H17ClO2/c1-11-6-7-13(8-12(11)2)10-19-16-5-3-4-15(17)14(16)9-18/h3-8,18H,9-10H2,1-2H3. The van der Waals surface area contributed by atoms with Gasteiger partial charge in [0.05, 0.1) is 6.61 Å². The van der Waals surface area contributed by atoms with Crippen LogP contribution >= 0.6 is 11.6 Å². The Morgan fingerprint density at radius 1 is 1.11 bits per heavy atom. The minimum Gasteiger partial charge on any atom is -0.488 e. The van der Waals surface area contributed by atoms with Crippen LogP contribution in [0.15, 0.2) is 36.4 Å². The number of ether oxygens (including phenoxy) is 1. The van der Waals surface area contributed by atoms with Crippen molar-refractivity contribution >= 4 is 11.6 Å². The molecule has 0 saturated heterocycles. The summed E-state index contributed by atoms with van der Waals surface area (Å²) in [5.74, 6) is 0.633. The van der Waals surface area contributed by atoms with Crippen LogP contribution in [0.2, 0.25) is 5.02 Å². The van der Waals surface area contributed by atoms with E-state index in [2.05, 4.69) is 26.0 Å². The molecule has 1 N–H and O–H groups in total. The molecule has 0 spiro atoms. The van der Waals surface area contributed by atoms with Crippen molar-refractivity contribution in [2.24, 2.45) is 0 Å². The third kappa shape index (κ3) is 3.28. The van der Waals surface area contributed by atoms with E-state index >= 15 is 0 Å². The Labute approximate surface area is 118 Å². The summed E-state index contributed by atoms with van der Waals surface area (Å²) < 4.78 is 5.75. The highest BCUT2D eigenvalue weighted by Crippen LogP contribution is 2.27. The van der Waals surface area contributed by atoms with Crippen molar-refractivity contribution in [3.8, 4) is 5.75 Å². The molecule has 0 heterocycles. The van der Waals surface area contributed by atoms with Crippen molar-refractivity contribution in [2.45, 2.75) is 27.1 Å². The van der Waals surface area contributed by atoms with Gasteiger partial charge >= 0.3 is 0 Å². The third-order valence-corrected chi connectivity index (χ3v) is 3.55. The van der Waals surface area contributed by atoms with Crippen molar-refractivity contribution in [1.82, 2.24) is 0 Å². The molecule has 0 aliphatic rings. The molecule has 0 atom stereocenters. The smallest absolute Gasteiger partial charge is 0.126 e. The molecule has 0 amide bonds. The van der Waals surface area contributed by atoms with Gasteiger partial charge in [0.15, 0.2) is 0 Å². The molecule has 0 fully saturated rings. The maximum absolute atomic E-state index is 9.31. The molecule has 2 nitrogen and oxygen atoms in total. The topological polar surface area (TPSA) is 29.5 Å². The highest BCUT2D eigenvalue weighted by Gasteiger charge is 2.07. The van der Waals surface area contributed by atoms with Crippen LogP contribution in [0.1, 0.15) is 22.3 Å². The molecule has 2 aromatic carbocycles. The van der Waals surface area contributed by atoms with Crippen LogP contribution in [0.3, 0.4) is 0 Å². The summed E-state index contributed by atoms with van der Waals surface area (Å²) in [5, 5.41) is 9.84. The fraction of sp³-hybridized carbons (Fsp3) is 0.250.